The Balaban J connectivity index is 0.00000225. The number of carbonyl (C=O) groups excluding carboxylic acids is 1. The number of allylic oxidation sites excluding steroid dienone is 1. The Morgan fingerprint density at radius 3 is 2.44 bits per heavy atom. The molecule has 1 rings (SSSR count). The van der Waals surface area contributed by atoms with E-state index >= 15 is 0 Å². The quantitative estimate of drug-likeness (QED) is 0.655. The van der Waals surface area contributed by atoms with Crippen LogP contribution in [-0.4, -0.2) is 20.0 Å². The van der Waals surface area contributed by atoms with E-state index in [1.807, 2.05) is 32.3 Å². The molecule has 0 spiro atoms. The maximum atomic E-state index is 11.3. The summed E-state index contributed by atoms with van der Waals surface area (Å²) in [6.07, 6.45) is 5.54. The topological polar surface area (TPSA) is 21.5 Å². The molecule has 0 unspecified atom stereocenters. The maximum absolute atomic E-state index is 11.3. The monoisotopic (exact) mass is 239 g/mol. The Hall–Kier alpha value is -1.12. The molecule has 0 aliphatic rings. The van der Waals surface area contributed by atoms with Gasteiger partial charge in [-0.3, -0.25) is 4.90 Å². The van der Waals surface area contributed by atoms with Crippen LogP contribution in [0.5, 0.6) is 0 Å². The lowest BCUT2D eigenvalue weighted by atomic mass is 10.2. The molecular formula is C13H18ClNO. The number of benzene rings is 1. The van der Waals surface area contributed by atoms with Crippen molar-refractivity contribution in [2.45, 2.75) is 12.8 Å². The molecule has 1 N–H and O–H groups in total. The van der Waals surface area contributed by atoms with Gasteiger partial charge in [0.05, 0.1) is 20.5 Å². The molecule has 88 valence electrons. The average molecular weight is 240 g/mol. The van der Waals surface area contributed by atoms with Crippen LogP contribution >= 0.6 is 0 Å². The van der Waals surface area contributed by atoms with Crippen LogP contribution < -0.4 is 17.3 Å². The summed E-state index contributed by atoms with van der Waals surface area (Å²) in [6, 6.07) is 10.1. The predicted octanol–water partition coefficient (Wildman–Crippen LogP) is -1.84. The average Bonchev–Trinajstić information content (AvgIpc) is 2.25. The van der Waals surface area contributed by atoms with Crippen molar-refractivity contribution in [3.8, 4) is 0 Å². The van der Waals surface area contributed by atoms with Gasteiger partial charge in [-0.1, -0.05) is 42.5 Å². The van der Waals surface area contributed by atoms with Crippen LogP contribution in [0.1, 0.15) is 18.4 Å². The van der Waals surface area contributed by atoms with Crippen LogP contribution in [0, 0.1) is 0 Å². The van der Waals surface area contributed by atoms with Gasteiger partial charge in [-0.25, -0.2) is 4.79 Å². The van der Waals surface area contributed by atoms with E-state index in [0.29, 0.717) is 6.42 Å². The highest BCUT2D eigenvalue weighted by Gasteiger charge is 2.06. The first-order valence-electron chi connectivity index (χ1n) is 5.25. The number of nitrogens with one attached hydrogen (secondary N) is 1. The molecule has 0 fully saturated rings. The predicted molar refractivity (Wildman–Crippen MR) is 62.5 cm³/mol. The van der Waals surface area contributed by atoms with E-state index < -0.39 is 0 Å². The Bertz CT molecular complexity index is 333. The Morgan fingerprint density at radius 1 is 1.25 bits per heavy atom. The van der Waals surface area contributed by atoms with Crippen molar-refractivity contribution in [3.05, 3.63) is 42.0 Å². The summed E-state index contributed by atoms with van der Waals surface area (Å²) in [4.78, 5) is 12.2. The first kappa shape index (κ1) is 14.9. The molecule has 0 bridgehead atoms. The van der Waals surface area contributed by atoms with Gasteiger partial charge in [0, 0.05) is 0 Å². The van der Waals surface area contributed by atoms with Crippen LogP contribution in [0.4, 0.5) is 0 Å². The molecule has 0 heterocycles. The largest absolute Gasteiger partial charge is 1.00 e. The lowest BCUT2D eigenvalue weighted by Crippen LogP contribution is -3.08. The van der Waals surface area contributed by atoms with Crippen LogP contribution in [0.2, 0.25) is 0 Å². The van der Waals surface area contributed by atoms with Crippen molar-refractivity contribution in [1.82, 2.24) is 0 Å². The lowest BCUT2D eigenvalue weighted by molar-refractivity contribution is -0.775. The number of hydrogen-bond acceptors (Lipinski definition) is 1. The Kier molecular flexibility index (Phi) is 7.52. The Labute approximate surface area is 103 Å². The number of halogens is 1. The van der Waals surface area contributed by atoms with Crippen molar-refractivity contribution in [2.24, 2.45) is 0 Å². The second kappa shape index (κ2) is 8.08. The zero-order valence-electron chi connectivity index (χ0n) is 9.74. The third-order valence-electron chi connectivity index (χ3n) is 2.21. The summed E-state index contributed by atoms with van der Waals surface area (Å²) in [5.74, 6) is 0.257. The fraction of sp³-hybridized carbons (Fsp3) is 0.308. The number of quaternary nitrogens is 1. The molecule has 3 heteroatoms. The minimum Gasteiger partial charge on any atom is -1.00 e. The first-order chi connectivity index (χ1) is 7.20. The fourth-order valence-corrected chi connectivity index (χ4v) is 1.25. The highest BCUT2D eigenvalue weighted by Crippen LogP contribution is 2.02. The zero-order valence-corrected chi connectivity index (χ0v) is 10.5. The highest BCUT2D eigenvalue weighted by atomic mass is 35.5. The molecule has 1 aromatic rings. The van der Waals surface area contributed by atoms with Crippen LogP contribution in [0.3, 0.4) is 0 Å². The number of carbonyl (C=O) groups is 1. The molecule has 0 saturated heterocycles. The second-order valence-corrected chi connectivity index (χ2v) is 3.77. The van der Waals surface area contributed by atoms with E-state index in [2.05, 4.69) is 24.3 Å². The van der Waals surface area contributed by atoms with Crippen molar-refractivity contribution in [2.75, 3.05) is 14.1 Å². The number of hydrogen-bond donors (Lipinski definition) is 1. The van der Waals surface area contributed by atoms with E-state index in [1.54, 1.807) is 0 Å². The summed E-state index contributed by atoms with van der Waals surface area (Å²) in [5.41, 5.74) is 1.18. The van der Waals surface area contributed by atoms with Gasteiger partial charge in [0.25, 0.3) is 0 Å². The first-order valence-corrected chi connectivity index (χ1v) is 5.25. The van der Waals surface area contributed by atoms with Gasteiger partial charge < -0.3 is 12.4 Å². The van der Waals surface area contributed by atoms with Gasteiger partial charge in [0.1, 0.15) is 0 Å². The smallest absolute Gasteiger partial charge is 0.311 e. The van der Waals surface area contributed by atoms with Crippen molar-refractivity contribution in [1.29, 1.82) is 0 Å². The van der Waals surface area contributed by atoms with Crippen LogP contribution in [0.25, 0.3) is 6.08 Å². The van der Waals surface area contributed by atoms with Gasteiger partial charge in [0.15, 0.2) is 0 Å². The lowest BCUT2D eigenvalue weighted by Gasteiger charge is -2.01. The van der Waals surface area contributed by atoms with Gasteiger partial charge >= 0.3 is 5.91 Å². The molecule has 2 nitrogen and oxygen atoms in total. The summed E-state index contributed by atoms with van der Waals surface area (Å²) in [6.45, 7) is 0. The summed E-state index contributed by atoms with van der Waals surface area (Å²) in [5, 5.41) is 0. The second-order valence-electron chi connectivity index (χ2n) is 3.77. The van der Waals surface area contributed by atoms with E-state index in [0.717, 1.165) is 11.3 Å². The minimum atomic E-state index is 0. The minimum absolute atomic E-state index is 0. The van der Waals surface area contributed by atoms with E-state index in [9.17, 15) is 4.79 Å². The molecule has 0 aromatic heterocycles. The van der Waals surface area contributed by atoms with Gasteiger partial charge in [0.2, 0.25) is 0 Å². The van der Waals surface area contributed by atoms with E-state index in [1.165, 1.54) is 5.56 Å². The van der Waals surface area contributed by atoms with Gasteiger partial charge in [-0.15, -0.1) is 0 Å². The van der Waals surface area contributed by atoms with Gasteiger partial charge in [-0.05, 0) is 12.0 Å². The van der Waals surface area contributed by atoms with E-state index in [-0.39, 0.29) is 18.3 Å². The number of amides is 1. The molecule has 0 atom stereocenters. The zero-order chi connectivity index (χ0) is 11.1. The highest BCUT2D eigenvalue weighted by molar-refractivity contribution is 5.66. The molecule has 16 heavy (non-hydrogen) atoms. The molecular weight excluding hydrogens is 222 g/mol. The maximum Gasteiger partial charge on any atom is 0.311 e. The standard InChI is InChI=1S/C13H17NO.ClH/c1-14(2)13(15)11-7-6-10-12-8-4-3-5-9-12;/h3-6,8-10H,7,11H2,1-2H3;1H. The summed E-state index contributed by atoms with van der Waals surface area (Å²) >= 11 is 0. The van der Waals surface area contributed by atoms with Crippen molar-refractivity contribution >= 4 is 12.0 Å². The third-order valence-corrected chi connectivity index (χ3v) is 2.21. The summed E-state index contributed by atoms with van der Waals surface area (Å²) < 4.78 is 0. The van der Waals surface area contributed by atoms with Crippen molar-refractivity contribution in [3.63, 3.8) is 0 Å². The fourth-order valence-electron chi connectivity index (χ4n) is 1.25. The number of rotatable bonds is 4. The van der Waals surface area contributed by atoms with E-state index in [4.69, 9.17) is 0 Å². The molecule has 1 aromatic carbocycles. The van der Waals surface area contributed by atoms with Gasteiger partial charge in [-0.2, -0.15) is 0 Å². The molecule has 0 aliphatic heterocycles. The molecule has 0 radical (unpaired) electrons. The Morgan fingerprint density at radius 2 is 1.88 bits per heavy atom. The molecule has 1 amide bonds. The van der Waals surface area contributed by atoms with Crippen LogP contribution in [0.15, 0.2) is 36.4 Å². The molecule has 0 aliphatic carbocycles. The van der Waals surface area contributed by atoms with Crippen LogP contribution in [-0.2, 0) is 4.79 Å². The molecule has 0 saturated carbocycles. The summed E-state index contributed by atoms with van der Waals surface area (Å²) in [7, 11) is 3.73. The SMILES string of the molecule is C[NH+](C)C(=O)CCC=Cc1ccccc1.[Cl-]. The van der Waals surface area contributed by atoms with Crippen molar-refractivity contribution < 1.29 is 22.1 Å². The third kappa shape index (κ3) is 5.69. The normalized spacial score (nSPS) is 10.4.